The van der Waals surface area contributed by atoms with Gasteiger partial charge in [-0.2, -0.15) is 5.10 Å². The van der Waals surface area contributed by atoms with Crippen molar-refractivity contribution in [3.63, 3.8) is 0 Å². The lowest BCUT2D eigenvalue weighted by atomic mass is 9.99. The molecular formula is C28H33N3O4. The van der Waals surface area contributed by atoms with E-state index in [4.69, 9.17) is 9.47 Å². The van der Waals surface area contributed by atoms with Gasteiger partial charge in [0.2, 0.25) is 0 Å². The maximum atomic E-state index is 11.8. The number of nitrogens with zero attached hydrogens (tertiary/aromatic N) is 3. The average Bonchev–Trinajstić information content (AvgIpc) is 3.53. The number of carbonyl (C=O) groups is 1. The molecule has 0 radical (unpaired) electrons. The van der Waals surface area contributed by atoms with Crippen LogP contribution in [0.25, 0.3) is 17.2 Å². The Bertz CT molecular complexity index is 1170. The van der Waals surface area contributed by atoms with Crippen LogP contribution >= 0.6 is 0 Å². The lowest BCUT2D eigenvalue weighted by Gasteiger charge is -2.25. The third-order valence-electron chi connectivity index (χ3n) is 6.08. The molecule has 1 N–H and O–H groups in total. The van der Waals surface area contributed by atoms with Gasteiger partial charge in [-0.25, -0.2) is 4.79 Å². The van der Waals surface area contributed by atoms with Crippen molar-refractivity contribution in [1.29, 1.82) is 0 Å². The van der Waals surface area contributed by atoms with Crippen molar-refractivity contribution in [3.8, 4) is 16.9 Å². The van der Waals surface area contributed by atoms with E-state index in [0.29, 0.717) is 31.7 Å². The van der Waals surface area contributed by atoms with Crippen molar-refractivity contribution in [1.82, 2.24) is 9.78 Å². The molecule has 7 heteroatoms. The van der Waals surface area contributed by atoms with E-state index in [-0.39, 0.29) is 0 Å². The van der Waals surface area contributed by atoms with Crippen molar-refractivity contribution in [2.75, 3.05) is 31.3 Å². The molecular weight excluding hydrogens is 442 g/mol. The highest BCUT2D eigenvalue weighted by Crippen LogP contribution is 2.36. The minimum absolute atomic E-state index is 0.417. The van der Waals surface area contributed by atoms with E-state index in [2.05, 4.69) is 28.2 Å². The topological polar surface area (TPSA) is 76.8 Å². The highest BCUT2D eigenvalue weighted by molar-refractivity contribution is 5.94. The van der Waals surface area contributed by atoms with Crippen LogP contribution in [0.15, 0.2) is 60.4 Å². The van der Waals surface area contributed by atoms with Crippen LogP contribution in [0.3, 0.4) is 0 Å². The first-order valence-electron chi connectivity index (χ1n) is 12.2. The quantitative estimate of drug-likeness (QED) is 0.531. The second-order valence-corrected chi connectivity index (χ2v) is 8.69. The number of ether oxygens (including phenoxy) is 2. The number of hydrogen-bond donors (Lipinski definition) is 1. The molecule has 1 aromatic heterocycles. The molecule has 35 heavy (non-hydrogen) atoms. The Morgan fingerprint density at radius 1 is 1.17 bits per heavy atom. The average molecular weight is 476 g/mol. The van der Waals surface area contributed by atoms with E-state index in [1.807, 2.05) is 50.6 Å². The number of rotatable bonds is 6. The number of aliphatic carboxylic acids is 1. The number of para-hydroxylation sites is 1. The van der Waals surface area contributed by atoms with E-state index >= 15 is 0 Å². The Hall–Kier alpha value is -3.58. The highest BCUT2D eigenvalue weighted by atomic mass is 16.5. The third kappa shape index (κ3) is 6.31. The van der Waals surface area contributed by atoms with Gasteiger partial charge in [-0.1, -0.05) is 24.3 Å². The Morgan fingerprint density at radius 3 is 2.63 bits per heavy atom. The first kappa shape index (κ1) is 24.5. The van der Waals surface area contributed by atoms with E-state index < -0.39 is 5.97 Å². The van der Waals surface area contributed by atoms with Gasteiger partial charge in [0.05, 0.1) is 12.8 Å². The second-order valence-electron chi connectivity index (χ2n) is 8.69. The van der Waals surface area contributed by atoms with Crippen molar-refractivity contribution in [2.45, 2.75) is 32.7 Å². The number of aromatic nitrogens is 2. The van der Waals surface area contributed by atoms with Crippen LogP contribution in [0.2, 0.25) is 0 Å². The van der Waals surface area contributed by atoms with Crippen LogP contribution in [0, 0.1) is 0 Å². The van der Waals surface area contributed by atoms with E-state index in [1.165, 1.54) is 12.8 Å². The molecule has 1 saturated heterocycles. The van der Waals surface area contributed by atoms with Gasteiger partial charge in [0, 0.05) is 61.9 Å². The molecule has 7 nitrogen and oxygen atoms in total. The van der Waals surface area contributed by atoms with Gasteiger partial charge >= 0.3 is 5.97 Å². The molecule has 3 heterocycles. The SMILES string of the molecule is C1CCOC1.CCOc1ccccc1-c1ccc2c(c1)C=C(C(=O)O)CCN2Cc1cnn(C)c1. The highest BCUT2D eigenvalue weighted by Gasteiger charge is 2.20. The maximum absolute atomic E-state index is 11.8. The van der Waals surface area contributed by atoms with Gasteiger partial charge in [-0.15, -0.1) is 0 Å². The Labute approximate surface area is 206 Å². The number of fused-ring (bicyclic) bond motifs is 1. The summed E-state index contributed by atoms with van der Waals surface area (Å²) >= 11 is 0. The molecule has 2 aliphatic heterocycles. The molecule has 3 aromatic rings. The summed E-state index contributed by atoms with van der Waals surface area (Å²) in [7, 11) is 1.89. The summed E-state index contributed by atoms with van der Waals surface area (Å²) < 4.78 is 12.5. The fourth-order valence-corrected chi connectivity index (χ4v) is 4.36. The summed E-state index contributed by atoms with van der Waals surface area (Å²) in [5, 5.41) is 13.9. The minimum atomic E-state index is -0.871. The van der Waals surface area contributed by atoms with Crippen LogP contribution < -0.4 is 9.64 Å². The van der Waals surface area contributed by atoms with Crippen LogP contribution in [-0.4, -0.2) is 47.2 Å². The number of anilines is 1. The van der Waals surface area contributed by atoms with Crippen molar-refractivity contribution in [2.24, 2.45) is 7.05 Å². The number of carboxylic acid groups (broad SMARTS) is 1. The molecule has 0 bridgehead atoms. The summed E-state index contributed by atoms with van der Waals surface area (Å²) in [6, 6.07) is 14.1. The zero-order chi connectivity index (χ0) is 24.6. The van der Waals surface area contributed by atoms with Gasteiger partial charge in [0.25, 0.3) is 0 Å². The number of benzene rings is 2. The molecule has 0 aliphatic carbocycles. The van der Waals surface area contributed by atoms with Crippen molar-refractivity contribution >= 4 is 17.7 Å². The lowest BCUT2D eigenvalue weighted by molar-refractivity contribution is -0.132. The fraction of sp³-hybridized carbons (Fsp3) is 0.357. The van der Waals surface area contributed by atoms with Crippen molar-refractivity contribution < 1.29 is 19.4 Å². The minimum Gasteiger partial charge on any atom is -0.493 e. The third-order valence-corrected chi connectivity index (χ3v) is 6.08. The first-order valence-corrected chi connectivity index (χ1v) is 12.2. The standard InChI is InChI=1S/C24H25N3O3.C4H8O/c1-3-30-23-7-5-4-6-21(23)18-8-9-22-20(12-18)13-19(24(28)29)10-11-27(22)16-17-14-25-26(2)15-17;1-2-4-5-3-1/h4-9,12-15H,3,10-11,16H2,1-2H3,(H,28,29);1-4H2. The number of aryl methyl sites for hydroxylation is 1. The van der Waals surface area contributed by atoms with E-state index in [9.17, 15) is 9.90 Å². The zero-order valence-corrected chi connectivity index (χ0v) is 20.4. The molecule has 0 atom stereocenters. The Morgan fingerprint density at radius 2 is 1.97 bits per heavy atom. The smallest absolute Gasteiger partial charge is 0.331 e. The summed E-state index contributed by atoms with van der Waals surface area (Å²) in [6.07, 6.45) is 8.68. The molecule has 1 fully saturated rings. The van der Waals surface area contributed by atoms with E-state index in [0.717, 1.165) is 46.9 Å². The summed E-state index contributed by atoms with van der Waals surface area (Å²) in [4.78, 5) is 14.0. The molecule has 0 saturated carbocycles. The van der Waals surface area contributed by atoms with Gasteiger partial charge in [0.1, 0.15) is 5.75 Å². The van der Waals surface area contributed by atoms with Gasteiger partial charge < -0.3 is 19.5 Å². The van der Waals surface area contributed by atoms with Gasteiger partial charge in [-0.3, -0.25) is 4.68 Å². The molecule has 0 unspecified atom stereocenters. The lowest BCUT2D eigenvalue weighted by Crippen LogP contribution is -2.24. The first-order chi connectivity index (χ1) is 17.0. The number of hydrogen-bond acceptors (Lipinski definition) is 5. The molecule has 0 spiro atoms. The monoisotopic (exact) mass is 475 g/mol. The van der Waals surface area contributed by atoms with Crippen molar-refractivity contribution in [3.05, 3.63) is 71.6 Å². The zero-order valence-electron chi connectivity index (χ0n) is 20.4. The van der Waals surface area contributed by atoms with Gasteiger partial charge in [0.15, 0.2) is 0 Å². The molecule has 2 aliphatic rings. The van der Waals surface area contributed by atoms with Crippen LogP contribution in [0.4, 0.5) is 5.69 Å². The molecule has 5 rings (SSSR count). The predicted molar refractivity (Wildman–Crippen MR) is 138 cm³/mol. The number of carboxylic acids is 1. The summed E-state index contributed by atoms with van der Waals surface area (Å²) in [5.41, 5.74) is 5.43. The van der Waals surface area contributed by atoms with Crippen LogP contribution in [0.5, 0.6) is 5.75 Å². The normalized spacial score (nSPS) is 14.9. The Kier molecular flexibility index (Phi) is 8.21. The van der Waals surface area contributed by atoms with Crippen LogP contribution in [-0.2, 0) is 23.1 Å². The second kappa shape index (κ2) is 11.7. The van der Waals surface area contributed by atoms with E-state index in [1.54, 1.807) is 10.8 Å². The maximum Gasteiger partial charge on any atom is 0.331 e. The van der Waals surface area contributed by atoms with Gasteiger partial charge in [-0.05, 0) is 61.6 Å². The largest absolute Gasteiger partial charge is 0.493 e. The summed E-state index contributed by atoms with van der Waals surface area (Å²) in [5.74, 6) is -0.0486. The van der Waals surface area contributed by atoms with Crippen LogP contribution in [0.1, 0.15) is 37.3 Å². The Balaban J connectivity index is 0.000000514. The molecule has 0 amide bonds. The summed E-state index contributed by atoms with van der Waals surface area (Å²) in [6.45, 7) is 5.86. The molecule has 184 valence electrons. The molecule has 2 aromatic carbocycles. The predicted octanol–water partition coefficient (Wildman–Crippen LogP) is 5.16. The fourth-order valence-electron chi connectivity index (χ4n) is 4.36.